The second kappa shape index (κ2) is 3.80. The molecule has 5 heteroatoms. The Labute approximate surface area is 83.1 Å². The van der Waals surface area contributed by atoms with E-state index in [0.29, 0.717) is 10.6 Å². The zero-order valence-corrected chi connectivity index (χ0v) is 8.22. The first-order valence-corrected chi connectivity index (χ1v) is 4.60. The predicted octanol–water partition coefficient (Wildman–Crippen LogP) is 4.26. The van der Waals surface area contributed by atoms with Crippen molar-refractivity contribution >= 4 is 23.4 Å². The van der Waals surface area contributed by atoms with Crippen LogP contribution < -0.4 is 0 Å². The molecule has 1 aromatic carbocycles. The van der Waals surface area contributed by atoms with Gasteiger partial charge in [-0.05, 0) is 42.4 Å². The summed E-state index contributed by atoms with van der Waals surface area (Å²) >= 11 is 5.53. The SMILES string of the molecule is Cc1cc(SC(F)(F)F)ccc1Cl. The summed E-state index contributed by atoms with van der Waals surface area (Å²) in [6.45, 7) is 1.67. The van der Waals surface area contributed by atoms with E-state index in [2.05, 4.69) is 0 Å². The maximum Gasteiger partial charge on any atom is 0.446 e. The van der Waals surface area contributed by atoms with E-state index in [0.717, 1.165) is 0 Å². The van der Waals surface area contributed by atoms with Crippen LogP contribution in [0, 0.1) is 6.92 Å². The Kier molecular flexibility index (Phi) is 3.14. The number of halogens is 4. The molecule has 0 atom stereocenters. The molecule has 0 fully saturated rings. The molecule has 0 aliphatic carbocycles. The van der Waals surface area contributed by atoms with Crippen LogP contribution in [0.2, 0.25) is 5.02 Å². The number of aryl methyl sites for hydroxylation is 1. The normalized spacial score (nSPS) is 11.8. The molecule has 0 unspecified atom stereocenters. The Morgan fingerprint density at radius 3 is 2.38 bits per heavy atom. The van der Waals surface area contributed by atoms with Gasteiger partial charge in [0.2, 0.25) is 0 Å². The van der Waals surface area contributed by atoms with E-state index in [4.69, 9.17) is 11.6 Å². The van der Waals surface area contributed by atoms with Crippen molar-refractivity contribution in [2.45, 2.75) is 17.3 Å². The maximum absolute atomic E-state index is 11.9. The lowest BCUT2D eigenvalue weighted by Gasteiger charge is -2.06. The highest BCUT2D eigenvalue weighted by Gasteiger charge is 2.29. The zero-order valence-electron chi connectivity index (χ0n) is 6.65. The van der Waals surface area contributed by atoms with Gasteiger partial charge in [-0.2, -0.15) is 13.2 Å². The average molecular weight is 227 g/mol. The molecule has 0 spiro atoms. The molecule has 0 N–H and O–H groups in total. The third kappa shape index (κ3) is 3.48. The molecule has 0 amide bonds. The standard InChI is InChI=1S/C8H6ClF3S/c1-5-4-6(2-3-7(5)9)13-8(10,11)12/h2-4H,1H3. The average Bonchev–Trinajstić information content (AvgIpc) is 1.94. The van der Waals surface area contributed by atoms with Crippen LogP contribution in [0.4, 0.5) is 13.2 Å². The van der Waals surface area contributed by atoms with Crippen molar-refractivity contribution in [3.63, 3.8) is 0 Å². The summed E-state index contributed by atoms with van der Waals surface area (Å²) in [5.41, 5.74) is -3.59. The minimum absolute atomic E-state index is 0.135. The van der Waals surface area contributed by atoms with Crippen LogP contribution in [0.25, 0.3) is 0 Å². The minimum Gasteiger partial charge on any atom is -0.160 e. The number of benzene rings is 1. The van der Waals surface area contributed by atoms with Crippen LogP contribution in [0.1, 0.15) is 5.56 Å². The molecule has 1 aromatic rings. The van der Waals surface area contributed by atoms with E-state index in [1.54, 1.807) is 6.92 Å². The lowest BCUT2D eigenvalue weighted by atomic mass is 10.2. The lowest BCUT2D eigenvalue weighted by molar-refractivity contribution is -0.0328. The molecule has 0 nitrogen and oxygen atoms in total. The van der Waals surface area contributed by atoms with Crippen LogP contribution in [0.5, 0.6) is 0 Å². The fourth-order valence-corrected chi connectivity index (χ4v) is 1.57. The third-order valence-corrected chi connectivity index (χ3v) is 2.51. The summed E-state index contributed by atoms with van der Waals surface area (Å²) in [5, 5.41) is 0.478. The molecule has 0 bridgehead atoms. The Morgan fingerprint density at radius 1 is 1.31 bits per heavy atom. The van der Waals surface area contributed by atoms with Gasteiger partial charge >= 0.3 is 5.51 Å². The van der Waals surface area contributed by atoms with Gasteiger partial charge < -0.3 is 0 Å². The van der Waals surface area contributed by atoms with E-state index in [1.807, 2.05) is 0 Å². The third-order valence-electron chi connectivity index (χ3n) is 1.36. The van der Waals surface area contributed by atoms with Crippen LogP contribution in [-0.2, 0) is 0 Å². The van der Waals surface area contributed by atoms with Gasteiger partial charge in [0.1, 0.15) is 0 Å². The molecule has 0 aliphatic heterocycles. The number of alkyl halides is 3. The summed E-state index contributed by atoms with van der Waals surface area (Å²) in [7, 11) is 0. The van der Waals surface area contributed by atoms with E-state index >= 15 is 0 Å². The minimum atomic E-state index is -4.24. The van der Waals surface area contributed by atoms with Gasteiger partial charge in [0.15, 0.2) is 0 Å². The molecular formula is C8H6ClF3S. The van der Waals surface area contributed by atoms with Crippen LogP contribution >= 0.6 is 23.4 Å². The lowest BCUT2D eigenvalue weighted by Crippen LogP contribution is -1.98. The number of hydrogen-bond acceptors (Lipinski definition) is 1. The monoisotopic (exact) mass is 226 g/mol. The van der Waals surface area contributed by atoms with Gasteiger partial charge in [0.05, 0.1) is 0 Å². The van der Waals surface area contributed by atoms with E-state index in [9.17, 15) is 13.2 Å². The molecule has 0 saturated carbocycles. The highest BCUT2D eigenvalue weighted by atomic mass is 35.5. The molecule has 13 heavy (non-hydrogen) atoms. The number of hydrogen-bond donors (Lipinski definition) is 0. The van der Waals surface area contributed by atoms with Gasteiger partial charge in [0, 0.05) is 9.92 Å². The largest absolute Gasteiger partial charge is 0.446 e. The summed E-state index contributed by atoms with van der Waals surface area (Å²) in [4.78, 5) is 0.161. The highest BCUT2D eigenvalue weighted by molar-refractivity contribution is 8.00. The van der Waals surface area contributed by atoms with Crippen LogP contribution in [0.15, 0.2) is 23.1 Å². The number of rotatable bonds is 1. The Balaban J connectivity index is 2.86. The van der Waals surface area contributed by atoms with Gasteiger partial charge in [0.25, 0.3) is 0 Å². The zero-order chi connectivity index (χ0) is 10.1. The van der Waals surface area contributed by atoms with Gasteiger partial charge in [-0.15, -0.1) is 0 Å². The van der Waals surface area contributed by atoms with Crippen LogP contribution in [0.3, 0.4) is 0 Å². The first-order chi connectivity index (χ1) is 5.88. The molecular weight excluding hydrogens is 221 g/mol. The summed E-state index contributed by atoms with van der Waals surface area (Å²) in [5.74, 6) is 0. The van der Waals surface area contributed by atoms with Crippen molar-refractivity contribution in [3.8, 4) is 0 Å². The predicted molar refractivity (Wildman–Crippen MR) is 48.1 cm³/mol. The van der Waals surface area contributed by atoms with Crippen molar-refractivity contribution < 1.29 is 13.2 Å². The van der Waals surface area contributed by atoms with Crippen molar-refractivity contribution in [2.24, 2.45) is 0 Å². The fraction of sp³-hybridized carbons (Fsp3) is 0.250. The number of thioether (sulfide) groups is 1. The second-order valence-corrected chi connectivity index (χ2v) is 4.00. The molecule has 0 radical (unpaired) electrons. The van der Waals surface area contributed by atoms with E-state index < -0.39 is 5.51 Å². The smallest absolute Gasteiger partial charge is 0.160 e. The van der Waals surface area contributed by atoms with Crippen molar-refractivity contribution in [2.75, 3.05) is 0 Å². The fourth-order valence-electron chi connectivity index (χ4n) is 0.814. The summed E-state index contributed by atoms with van der Waals surface area (Å²) in [6, 6.07) is 4.24. The van der Waals surface area contributed by atoms with E-state index in [1.165, 1.54) is 18.2 Å². The van der Waals surface area contributed by atoms with Crippen LogP contribution in [-0.4, -0.2) is 5.51 Å². The molecule has 0 heterocycles. The highest BCUT2D eigenvalue weighted by Crippen LogP contribution is 2.37. The first-order valence-electron chi connectivity index (χ1n) is 3.40. The van der Waals surface area contributed by atoms with Gasteiger partial charge in [-0.25, -0.2) is 0 Å². The Bertz CT molecular complexity index is 309. The van der Waals surface area contributed by atoms with Gasteiger partial charge in [-0.1, -0.05) is 11.6 Å². The topological polar surface area (TPSA) is 0 Å². The molecule has 0 aliphatic rings. The molecule has 72 valence electrons. The summed E-state index contributed by atoms with van der Waals surface area (Å²) in [6.07, 6.45) is 0. The Morgan fingerprint density at radius 2 is 1.92 bits per heavy atom. The summed E-state index contributed by atoms with van der Waals surface area (Å²) < 4.78 is 35.7. The Hall–Kier alpha value is -0.350. The quantitative estimate of drug-likeness (QED) is 0.645. The second-order valence-electron chi connectivity index (χ2n) is 2.46. The molecule has 0 saturated heterocycles. The first kappa shape index (κ1) is 10.7. The van der Waals surface area contributed by atoms with Crippen molar-refractivity contribution in [3.05, 3.63) is 28.8 Å². The van der Waals surface area contributed by atoms with E-state index in [-0.39, 0.29) is 16.7 Å². The van der Waals surface area contributed by atoms with Crippen molar-refractivity contribution in [1.29, 1.82) is 0 Å². The van der Waals surface area contributed by atoms with Gasteiger partial charge in [-0.3, -0.25) is 0 Å². The van der Waals surface area contributed by atoms with Crippen molar-refractivity contribution in [1.82, 2.24) is 0 Å². The maximum atomic E-state index is 11.9. The molecule has 0 aromatic heterocycles. The molecule has 1 rings (SSSR count).